The van der Waals surface area contributed by atoms with Crippen LogP contribution in [0.5, 0.6) is 28.7 Å². The number of H-pyrrole nitrogens is 1. The van der Waals surface area contributed by atoms with Crippen LogP contribution >= 0.6 is 11.8 Å². The van der Waals surface area contributed by atoms with Crippen molar-refractivity contribution in [2.75, 3.05) is 60.1 Å². The highest BCUT2D eigenvalue weighted by Gasteiger charge is 2.53. The summed E-state index contributed by atoms with van der Waals surface area (Å²) in [5, 5.41) is 30.2. The van der Waals surface area contributed by atoms with E-state index in [0.29, 0.717) is 53.9 Å². The van der Waals surface area contributed by atoms with Gasteiger partial charge in [0.05, 0.1) is 50.6 Å². The number of benzene rings is 3. The highest BCUT2D eigenvalue weighted by Crippen LogP contribution is 2.56. The van der Waals surface area contributed by atoms with Crippen LogP contribution in [0.3, 0.4) is 0 Å². The Hall–Kier alpha value is -10.3. The zero-order chi connectivity index (χ0) is 77.9. The van der Waals surface area contributed by atoms with Crippen molar-refractivity contribution in [1.82, 2.24) is 47.1 Å². The number of rotatable bonds is 40. The van der Waals surface area contributed by atoms with Gasteiger partial charge >= 0.3 is 11.9 Å². The van der Waals surface area contributed by atoms with Crippen LogP contribution in [-0.4, -0.2) is 200 Å². The first-order chi connectivity index (χ1) is 51.1. The molecule has 1 aromatic heterocycles. The van der Waals surface area contributed by atoms with Gasteiger partial charge in [0.25, 0.3) is 0 Å². The lowest BCUT2D eigenvalue weighted by Gasteiger charge is -2.37. The number of aromatic amines is 1. The number of guanidine groups is 1. The van der Waals surface area contributed by atoms with Crippen LogP contribution in [0.15, 0.2) is 59.7 Å². The number of methoxy groups -OCH3 is 2. The molecule has 4 aliphatic rings. The van der Waals surface area contributed by atoms with E-state index in [1.54, 1.807) is 51.2 Å². The quantitative estimate of drug-likeness (QED) is 0.00685. The summed E-state index contributed by atoms with van der Waals surface area (Å²) < 4.78 is 33.9. The summed E-state index contributed by atoms with van der Waals surface area (Å²) in [5.41, 5.74) is 32.1. The Kier molecular flexibility index (Phi) is 29.5. The number of cyclic esters (lactones) is 1. The molecule has 14 atom stereocenters. The molecule has 0 saturated carbocycles. The van der Waals surface area contributed by atoms with Crippen LogP contribution in [0.4, 0.5) is 0 Å². The molecule has 582 valence electrons. The Morgan fingerprint density at radius 3 is 1.90 bits per heavy atom. The van der Waals surface area contributed by atoms with Gasteiger partial charge in [0.15, 0.2) is 29.0 Å². The molecule has 0 radical (unpaired) electrons. The van der Waals surface area contributed by atoms with Gasteiger partial charge in [0.1, 0.15) is 36.3 Å². The molecule has 34 nitrogen and oxygen atoms in total. The van der Waals surface area contributed by atoms with Gasteiger partial charge in [-0.25, -0.2) is 0 Å². The molecule has 19 N–H and O–H groups in total. The molecule has 35 heteroatoms. The van der Waals surface area contributed by atoms with Crippen molar-refractivity contribution >= 4 is 99.6 Å². The SMILES string of the molecule is CCC(C)[C@H](NC(=O)[C@H](CCCCN)NC(=O)[C@@H](NC(=O)[C@H](CCC(N)=O)NC(=O)[C@H](CCCN=C(N)N)NC(=O)[C@@H](N)CSC1CC(=O)N(CCC(=O)Oc2c(OC)cc([C@@H]3c4cc5c(cc4[C@@H](O)[C@H]4COC(=O)[C@H]34)OCO5)cc2OC)C1=O)C(C)CC)C(=O)N[C@@H](Cc1c[nH]c2ccccc12)C(=O)NC. The number of aliphatic hydroxyl groups excluding tert-OH is 1. The van der Waals surface area contributed by atoms with Crippen molar-refractivity contribution in [3.8, 4) is 28.7 Å². The summed E-state index contributed by atoms with van der Waals surface area (Å²) in [5.74, 6) is -12.0. The fourth-order valence-corrected chi connectivity index (χ4v) is 14.5. The number of imide groups is 1. The minimum absolute atomic E-state index is 0.0105. The predicted octanol–water partition coefficient (Wildman–Crippen LogP) is -0.197. The number of unbranched alkanes of at least 4 members (excludes halogenated alkanes) is 1. The lowest BCUT2D eigenvalue weighted by Crippen LogP contribution is -2.61. The number of esters is 2. The number of carbonyl (C=O) groups excluding carboxylic acids is 12. The number of hydrogen-bond acceptors (Lipinski definition) is 23. The molecule has 3 aromatic carbocycles. The third-order valence-electron chi connectivity index (χ3n) is 19.8. The second kappa shape index (κ2) is 38.3. The van der Waals surface area contributed by atoms with Gasteiger partial charge < -0.3 is 104 Å². The summed E-state index contributed by atoms with van der Waals surface area (Å²) >= 11 is 0.883. The van der Waals surface area contributed by atoms with Crippen molar-refractivity contribution < 1.29 is 91.1 Å². The van der Waals surface area contributed by atoms with E-state index in [9.17, 15) is 62.6 Å². The molecule has 3 aliphatic heterocycles. The number of ether oxygens (including phenoxy) is 6. The maximum Gasteiger partial charge on any atom is 0.313 e. The number of carbonyl (C=O) groups is 12. The van der Waals surface area contributed by atoms with Gasteiger partial charge in [0, 0.05) is 74.1 Å². The Bertz CT molecular complexity index is 3940. The Labute approximate surface area is 622 Å². The van der Waals surface area contributed by atoms with Gasteiger partial charge in [0.2, 0.25) is 71.6 Å². The first kappa shape index (κ1) is 82.4. The number of para-hydroxylation sites is 1. The third kappa shape index (κ3) is 20.7. The number of aromatic nitrogens is 1. The number of fused-ring (bicyclic) bond motifs is 4. The highest BCUT2D eigenvalue weighted by atomic mass is 32.2. The minimum Gasteiger partial charge on any atom is -0.493 e. The third-order valence-corrected chi connectivity index (χ3v) is 21.1. The molecule has 0 spiro atoms. The predicted molar refractivity (Wildman–Crippen MR) is 390 cm³/mol. The van der Waals surface area contributed by atoms with Gasteiger partial charge in [-0.1, -0.05) is 58.7 Å². The molecule has 10 amide bonds. The van der Waals surface area contributed by atoms with Gasteiger partial charge in [-0.05, 0) is 109 Å². The standard InChI is InChI=1S/C72H99N15O19S/c1-8-35(3)59(68(97)83-45(17-12-13-22-73)66(95)85-60(36(4)9-2)69(98)84-48(64(93)78-5)25-38-31-80-44-16-11-10-15-39(38)44)86-67(96)47(19-20-54(75)88)82-65(94)46(18-14-23-79-72(76)77)81-63(92)43(74)33-107-53-30-55(89)87(70(53)99)24-21-56(90)106-62-51(101-6)26-37(27-52(62)102-7)57-40-28-49-50(105-34-104-49)29-41(40)61(91)42-32-103-71(100)58(42)57/h10-11,15-16,26-29,31,35-36,42-43,45-48,53,57-61,80,91H,8-9,12-14,17-25,30,32-34,73-74H2,1-7H3,(H2,75,88)(H,78,93)(H,81,92)(H,82,94)(H,83,97)(H,84,98)(H,85,95)(H,86,96)(H4,76,77,79)/t35?,36?,42-,43-,45-,46-,47-,48-,53?,57+,58-,59-,60-,61+/m0/s1. The van der Waals surface area contributed by atoms with E-state index in [4.69, 9.17) is 57.1 Å². The maximum atomic E-state index is 14.6. The number of aliphatic hydroxyl groups is 1. The number of nitrogens with one attached hydrogen (secondary N) is 8. The summed E-state index contributed by atoms with van der Waals surface area (Å²) in [6.07, 6.45) is 0.742. The zero-order valence-electron chi connectivity index (χ0n) is 61.0. The summed E-state index contributed by atoms with van der Waals surface area (Å²) in [6.45, 7) is 6.79. The molecule has 4 heterocycles. The second-order valence-electron chi connectivity index (χ2n) is 27.0. The van der Waals surface area contributed by atoms with Crippen LogP contribution in [0.2, 0.25) is 0 Å². The smallest absolute Gasteiger partial charge is 0.313 e. The summed E-state index contributed by atoms with van der Waals surface area (Å²) in [4.78, 5) is 174. The van der Waals surface area contributed by atoms with E-state index in [-0.39, 0.29) is 94.0 Å². The second-order valence-corrected chi connectivity index (χ2v) is 28.2. The van der Waals surface area contributed by atoms with E-state index in [1.165, 1.54) is 21.3 Å². The highest BCUT2D eigenvalue weighted by molar-refractivity contribution is 8.00. The van der Waals surface area contributed by atoms with Crippen molar-refractivity contribution in [1.29, 1.82) is 0 Å². The van der Waals surface area contributed by atoms with Crippen LogP contribution in [0.1, 0.15) is 133 Å². The molecule has 2 saturated heterocycles. The first-order valence-electron chi connectivity index (χ1n) is 35.7. The van der Waals surface area contributed by atoms with E-state index in [0.717, 1.165) is 33.1 Å². The van der Waals surface area contributed by atoms with Crippen LogP contribution in [0.25, 0.3) is 10.9 Å². The fourth-order valence-electron chi connectivity index (χ4n) is 13.4. The number of amides is 10. The Balaban J connectivity index is 0.891. The summed E-state index contributed by atoms with van der Waals surface area (Å²) in [7, 11) is 4.11. The monoisotopic (exact) mass is 1510 g/mol. The average Bonchev–Trinajstić information content (AvgIpc) is 1.68. The van der Waals surface area contributed by atoms with Crippen LogP contribution in [-0.2, 0) is 68.7 Å². The molecule has 0 bridgehead atoms. The van der Waals surface area contributed by atoms with Crippen LogP contribution in [0, 0.1) is 23.7 Å². The van der Waals surface area contributed by atoms with Gasteiger partial charge in [-0.2, -0.15) is 0 Å². The molecule has 8 rings (SSSR count). The van der Waals surface area contributed by atoms with Crippen LogP contribution < -0.4 is 89.6 Å². The van der Waals surface area contributed by atoms with Crippen molar-refractivity contribution in [2.45, 2.75) is 164 Å². The first-order valence-corrected chi connectivity index (χ1v) is 36.8. The largest absolute Gasteiger partial charge is 0.493 e. The molecule has 107 heavy (non-hydrogen) atoms. The Morgan fingerprint density at radius 1 is 0.720 bits per heavy atom. The number of hydrogen-bond donors (Lipinski definition) is 14. The van der Waals surface area contributed by atoms with Gasteiger partial charge in [-0.15, -0.1) is 11.8 Å². The normalized spacial score (nSPS) is 19.5. The van der Waals surface area contributed by atoms with E-state index in [1.807, 2.05) is 31.2 Å². The molecule has 1 aliphatic carbocycles. The number of nitrogens with zero attached hydrogens (tertiary/aromatic N) is 2. The molecular weight excluding hydrogens is 1410 g/mol. The van der Waals surface area contributed by atoms with Crippen molar-refractivity contribution in [3.05, 3.63) is 77.0 Å². The minimum atomic E-state index is -1.57. The zero-order valence-corrected chi connectivity index (χ0v) is 61.8. The number of thioether (sulfide) groups is 1. The summed E-state index contributed by atoms with van der Waals surface area (Å²) in [6, 6.07) is 4.71. The number of primary amides is 1. The Morgan fingerprint density at radius 2 is 1.30 bits per heavy atom. The maximum absolute atomic E-state index is 14.6. The molecular formula is C72H99N15O19S. The lowest BCUT2D eigenvalue weighted by molar-refractivity contribution is -0.142. The molecule has 2 fully saturated rings. The molecule has 3 unspecified atom stereocenters. The van der Waals surface area contributed by atoms with Crippen molar-refractivity contribution in [3.63, 3.8) is 0 Å². The number of aliphatic imine (C=N–C) groups is 1. The van der Waals surface area contributed by atoms with E-state index < -0.39 is 174 Å². The average molecular weight is 1510 g/mol. The number of nitrogens with two attached hydrogens (primary N) is 5. The van der Waals surface area contributed by atoms with E-state index in [2.05, 4.69) is 47.2 Å². The molecule has 4 aromatic rings. The van der Waals surface area contributed by atoms with E-state index >= 15 is 0 Å². The van der Waals surface area contributed by atoms with Gasteiger partial charge in [-0.3, -0.25) is 67.4 Å². The number of likely N-dealkylation sites (tertiary alicyclic amines) is 1. The fraction of sp³-hybridized carbons (Fsp3) is 0.542. The topological polar surface area (TPSA) is 526 Å². The lowest BCUT2D eigenvalue weighted by atomic mass is 9.66. The number of likely N-dealkylation sites (N-methyl/N-ethyl adjacent to an activating group) is 1. The van der Waals surface area contributed by atoms with Crippen molar-refractivity contribution in [2.24, 2.45) is 57.3 Å².